The number of pyridine rings is 1. The van der Waals surface area contributed by atoms with Gasteiger partial charge in [0.05, 0.1) is 29.1 Å². The Labute approximate surface area is 132 Å². The maximum Gasteiger partial charge on any atom is 0.253 e. The average molecular weight is 324 g/mol. The fraction of sp³-hybridized carbons (Fsp3) is 0.200. The molecule has 2 aromatic rings. The lowest BCUT2D eigenvalue weighted by Gasteiger charge is -2.09. The van der Waals surface area contributed by atoms with Crippen LogP contribution in [0.15, 0.2) is 36.7 Å². The molecule has 0 aliphatic rings. The Hall–Kier alpha value is -2.18. The van der Waals surface area contributed by atoms with Crippen molar-refractivity contribution < 1.29 is 13.9 Å². The molecule has 0 spiro atoms. The molecule has 0 radical (unpaired) electrons. The minimum atomic E-state index is -0.489. The van der Waals surface area contributed by atoms with Gasteiger partial charge in [0.15, 0.2) is 0 Å². The summed E-state index contributed by atoms with van der Waals surface area (Å²) in [5.41, 5.74) is 1.61. The molecule has 0 bridgehead atoms. The molecule has 0 atom stereocenters. The summed E-state index contributed by atoms with van der Waals surface area (Å²) in [7, 11) is 1.56. The number of nitrogens with one attached hydrogen (secondary N) is 2. The van der Waals surface area contributed by atoms with Crippen molar-refractivity contribution in [3.63, 3.8) is 0 Å². The van der Waals surface area contributed by atoms with Crippen molar-refractivity contribution in [2.45, 2.75) is 0 Å². The summed E-state index contributed by atoms with van der Waals surface area (Å²) in [5, 5.41) is 5.74. The standard InChI is InChI=1S/C15H15ClFN3O2/c1-22-5-4-19-15(21)10-6-12(9-18-8-10)20-11-2-3-14(17)13(16)7-11/h2-3,6-9,20H,4-5H2,1H3,(H,19,21). The van der Waals surface area contributed by atoms with Crippen molar-refractivity contribution in [3.8, 4) is 0 Å². The second kappa shape index (κ2) is 7.72. The number of rotatable bonds is 6. The highest BCUT2D eigenvalue weighted by atomic mass is 35.5. The zero-order valence-corrected chi connectivity index (χ0v) is 12.7. The molecule has 0 aliphatic heterocycles. The first-order chi connectivity index (χ1) is 10.6. The van der Waals surface area contributed by atoms with Crippen molar-refractivity contribution >= 4 is 28.9 Å². The van der Waals surface area contributed by atoms with Gasteiger partial charge in [0.25, 0.3) is 5.91 Å². The largest absolute Gasteiger partial charge is 0.383 e. The van der Waals surface area contributed by atoms with Crippen molar-refractivity contribution in [2.24, 2.45) is 0 Å². The van der Waals surface area contributed by atoms with Crippen LogP contribution in [0.5, 0.6) is 0 Å². The molecule has 116 valence electrons. The second-order valence-corrected chi connectivity index (χ2v) is 4.87. The summed E-state index contributed by atoms with van der Waals surface area (Å²) in [5.74, 6) is -0.734. The summed E-state index contributed by atoms with van der Waals surface area (Å²) in [4.78, 5) is 15.9. The molecular weight excluding hydrogens is 309 g/mol. The average Bonchev–Trinajstić information content (AvgIpc) is 2.51. The van der Waals surface area contributed by atoms with Crippen LogP contribution in [0.4, 0.5) is 15.8 Å². The minimum absolute atomic E-state index is 0.0198. The molecule has 5 nitrogen and oxygen atoms in total. The van der Waals surface area contributed by atoms with Gasteiger partial charge in [0.2, 0.25) is 0 Å². The van der Waals surface area contributed by atoms with E-state index in [9.17, 15) is 9.18 Å². The Kier molecular flexibility index (Phi) is 5.68. The second-order valence-electron chi connectivity index (χ2n) is 4.46. The summed E-state index contributed by atoms with van der Waals surface area (Å²) in [6.45, 7) is 0.853. The van der Waals surface area contributed by atoms with Crippen molar-refractivity contribution in [2.75, 3.05) is 25.6 Å². The molecule has 1 aromatic carbocycles. The van der Waals surface area contributed by atoms with E-state index < -0.39 is 5.82 Å². The van der Waals surface area contributed by atoms with E-state index in [0.717, 1.165) is 0 Å². The van der Waals surface area contributed by atoms with Gasteiger partial charge in [-0.1, -0.05) is 11.6 Å². The van der Waals surface area contributed by atoms with Crippen molar-refractivity contribution in [3.05, 3.63) is 53.1 Å². The Morgan fingerprint density at radius 1 is 1.32 bits per heavy atom. The van der Waals surface area contributed by atoms with Crippen LogP contribution in [0.2, 0.25) is 5.02 Å². The monoisotopic (exact) mass is 323 g/mol. The lowest BCUT2D eigenvalue weighted by atomic mass is 10.2. The van der Waals surface area contributed by atoms with Gasteiger partial charge < -0.3 is 15.4 Å². The van der Waals surface area contributed by atoms with E-state index in [-0.39, 0.29) is 10.9 Å². The van der Waals surface area contributed by atoms with Crippen LogP contribution in [-0.2, 0) is 4.74 Å². The number of nitrogens with zero attached hydrogens (tertiary/aromatic N) is 1. The number of amides is 1. The first-order valence-electron chi connectivity index (χ1n) is 6.54. The van der Waals surface area contributed by atoms with Crippen molar-refractivity contribution in [1.29, 1.82) is 0 Å². The molecule has 1 heterocycles. The fourth-order valence-electron chi connectivity index (χ4n) is 1.74. The number of carbonyl (C=O) groups is 1. The molecular formula is C15H15ClFN3O2. The van der Waals surface area contributed by atoms with Gasteiger partial charge in [0.1, 0.15) is 5.82 Å². The quantitative estimate of drug-likeness (QED) is 0.802. The number of aromatic nitrogens is 1. The van der Waals surface area contributed by atoms with Gasteiger partial charge in [0, 0.05) is 25.5 Å². The van der Waals surface area contributed by atoms with E-state index in [1.54, 1.807) is 25.4 Å². The van der Waals surface area contributed by atoms with E-state index in [4.69, 9.17) is 16.3 Å². The SMILES string of the molecule is COCCNC(=O)c1cncc(Nc2ccc(F)c(Cl)c2)c1. The predicted molar refractivity (Wildman–Crippen MR) is 83.1 cm³/mol. The highest BCUT2D eigenvalue weighted by Crippen LogP contribution is 2.22. The zero-order valence-electron chi connectivity index (χ0n) is 11.9. The van der Waals surface area contributed by atoms with Gasteiger partial charge in [-0.05, 0) is 24.3 Å². The molecule has 1 aromatic heterocycles. The number of hydrogen-bond acceptors (Lipinski definition) is 4. The first kappa shape index (κ1) is 16.2. The Balaban J connectivity index is 2.07. The van der Waals surface area contributed by atoms with Gasteiger partial charge in [-0.2, -0.15) is 0 Å². The van der Waals surface area contributed by atoms with Gasteiger partial charge in [-0.25, -0.2) is 4.39 Å². The summed E-state index contributed by atoms with van der Waals surface area (Å²) >= 11 is 5.73. The van der Waals surface area contributed by atoms with E-state index in [1.165, 1.54) is 18.3 Å². The maximum absolute atomic E-state index is 13.1. The normalized spacial score (nSPS) is 10.3. The molecule has 0 saturated carbocycles. The van der Waals surface area contributed by atoms with Crippen LogP contribution in [0, 0.1) is 5.82 Å². The van der Waals surface area contributed by atoms with Crippen LogP contribution >= 0.6 is 11.6 Å². The number of anilines is 2. The minimum Gasteiger partial charge on any atom is -0.383 e. The molecule has 2 N–H and O–H groups in total. The third-order valence-electron chi connectivity index (χ3n) is 2.80. The summed E-state index contributed by atoms with van der Waals surface area (Å²) in [6.07, 6.45) is 3.02. The zero-order chi connectivity index (χ0) is 15.9. The predicted octanol–water partition coefficient (Wildman–Crippen LogP) is 2.99. The number of benzene rings is 1. The van der Waals surface area contributed by atoms with Gasteiger partial charge >= 0.3 is 0 Å². The number of halogens is 2. The lowest BCUT2D eigenvalue weighted by Crippen LogP contribution is -2.27. The molecule has 0 fully saturated rings. The Bertz CT molecular complexity index is 667. The van der Waals surface area contributed by atoms with Crippen LogP contribution < -0.4 is 10.6 Å². The number of hydrogen-bond donors (Lipinski definition) is 2. The number of methoxy groups -OCH3 is 1. The van der Waals surface area contributed by atoms with Crippen molar-refractivity contribution in [1.82, 2.24) is 10.3 Å². The highest BCUT2D eigenvalue weighted by molar-refractivity contribution is 6.31. The summed E-state index contributed by atoms with van der Waals surface area (Å²) < 4.78 is 18.0. The third kappa shape index (κ3) is 4.41. The van der Waals surface area contributed by atoms with Crippen LogP contribution in [0.3, 0.4) is 0 Å². The Morgan fingerprint density at radius 3 is 2.86 bits per heavy atom. The molecule has 0 saturated heterocycles. The highest BCUT2D eigenvalue weighted by Gasteiger charge is 2.07. The number of carbonyl (C=O) groups excluding carboxylic acids is 1. The van der Waals surface area contributed by atoms with E-state index in [1.807, 2.05) is 0 Å². The maximum atomic E-state index is 13.1. The molecule has 7 heteroatoms. The van der Waals surface area contributed by atoms with Gasteiger partial charge in [-0.15, -0.1) is 0 Å². The van der Waals surface area contributed by atoms with Crippen LogP contribution in [0.1, 0.15) is 10.4 Å². The van der Waals surface area contributed by atoms with E-state index in [0.29, 0.717) is 30.1 Å². The van der Waals surface area contributed by atoms with Gasteiger partial charge in [-0.3, -0.25) is 9.78 Å². The smallest absolute Gasteiger partial charge is 0.253 e. The molecule has 0 unspecified atom stereocenters. The first-order valence-corrected chi connectivity index (χ1v) is 6.92. The number of ether oxygens (including phenoxy) is 1. The van der Waals surface area contributed by atoms with Crippen LogP contribution in [-0.4, -0.2) is 31.2 Å². The Morgan fingerprint density at radius 2 is 2.14 bits per heavy atom. The molecule has 1 amide bonds. The van der Waals surface area contributed by atoms with E-state index in [2.05, 4.69) is 15.6 Å². The molecule has 22 heavy (non-hydrogen) atoms. The summed E-state index contributed by atoms with van der Waals surface area (Å²) in [6, 6.07) is 5.92. The van der Waals surface area contributed by atoms with E-state index >= 15 is 0 Å². The lowest BCUT2D eigenvalue weighted by molar-refractivity contribution is 0.0937. The third-order valence-corrected chi connectivity index (χ3v) is 3.09. The molecule has 0 aliphatic carbocycles. The fourth-order valence-corrected chi connectivity index (χ4v) is 1.92. The molecule has 2 rings (SSSR count). The topological polar surface area (TPSA) is 63.2 Å². The van der Waals surface area contributed by atoms with Crippen LogP contribution in [0.25, 0.3) is 0 Å².